The van der Waals surface area contributed by atoms with E-state index >= 15 is 0 Å². The molecule has 1 heterocycles. The van der Waals surface area contributed by atoms with Crippen LogP contribution in [0.4, 0.5) is 0 Å². The number of amides is 1. The summed E-state index contributed by atoms with van der Waals surface area (Å²) in [5.74, 6) is 0.135. The minimum Gasteiger partial charge on any atom is -0.482 e. The van der Waals surface area contributed by atoms with Crippen molar-refractivity contribution in [1.82, 2.24) is 4.90 Å². The van der Waals surface area contributed by atoms with Gasteiger partial charge < -0.3 is 9.64 Å². The number of carbonyl (C=O) groups is 1. The SMILES string of the molecule is CC(C)(C)c1ccc(CN(C(=O)COc2ccc(Cl)cc2Cl)C2CCS(=O)(=O)C2)cc1. The highest BCUT2D eigenvalue weighted by atomic mass is 35.5. The van der Waals surface area contributed by atoms with Crippen LogP contribution in [0.2, 0.25) is 10.0 Å². The van der Waals surface area contributed by atoms with E-state index in [1.807, 2.05) is 24.3 Å². The number of hydrogen-bond donors (Lipinski definition) is 0. The summed E-state index contributed by atoms with van der Waals surface area (Å²) in [4.78, 5) is 14.7. The largest absolute Gasteiger partial charge is 0.482 e. The molecule has 1 aliphatic heterocycles. The van der Waals surface area contributed by atoms with Gasteiger partial charge in [-0.25, -0.2) is 8.42 Å². The molecule has 0 aliphatic carbocycles. The fraction of sp³-hybridized carbons (Fsp3) is 0.435. The molecule has 0 N–H and O–H groups in total. The Balaban J connectivity index is 1.76. The Morgan fingerprint density at radius 1 is 1.13 bits per heavy atom. The van der Waals surface area contributed by atoms with E-state index in [1.165, 1.54) is 5.56 Å². The molecule has 5 nitrogen and oxygen atoms in total. The first-order chi connectivity index (χ1) is 14.4. The molecule has 1 unspecified atom stereocenters. The van der Waals surface area contributed by atoms with Crippen LogP contribution in [0.5, 0.6) is 5.75 Å². The molecule has 1 fully saturated rings. The van der Waals surface area contributed by atoms with Gasteiger partial charge in [-0.2, -0.15) is 0 Å². The topological polar surface area (TPSA) is 63.7 Å². The average molecular weight is 484 g/mol. The molecule has 0 bridgehead atoms. The quantitative estimate of drug-likeness (QED) is 0.586. The molecule has 2 aromatic carbocycles. The molecule has 3 rings (SSSR count). The third-order valence-corrected chi connectivity index (χ3v) is 7.67. The van der Waals surface area contributed by atoms with Gasteiger partial charge in [-0.05, 0) is 41.2 Å². The maximum Gasteiger partial charge on any atom is 0.261 e. The summed E-state index contributed by atoms with van der Waals surface area (Å²) in [6.45, 7) is 6.50. The van der Waals surface area contributed by atoms with Gasteiger partial charge in [0.2, 0.25) is 0 Å². The van der Waals surface area contributed by atoms with Crippen LogP contribution in [0.25, 0.3) is 0 Å². The maximum atomic E-state index is 13.1. The molecule has 0 aromatic heterocycles. The van der Waals surface area contributed by atoms with Gasteiger partial charge in [-0.1, -0.05) is 68.2 Å². The van der Waals surface area contributed by atoms with Crippen LogP contribution in [0.3, 0.4) is 0 Å². The first kappa shape index (κ1) is 23.9. The molecule has 0 spiro atoms. The number of sulfone groups is 1. The zero-order valence-corrected chi connectivity index (χ0v) is 20.2. The molecule has 2 aromatic rings. The Morgan fingerprint density at radius 2 is 1.81 bits per heavy atom. The van der Waals surface area contributed by atoms with Gasteiger partial charge in [0.1, 0.15) is 5.75 Å². The molecule has 0 radical (unpaired) electrons. The molecule has 168 valence electrons. The Hall–Kier alpha value is -1.76. The molecular weight excluding hydrogens is 457 g/mol. The number of carbonyl (C=O) groups excluding carboxylic acids is 1. The van der Waals surface area contributed by atoms with Crippen LogP contribution >= 0.6 is 23.2 Å². The third kappa shape index (κ3) is 6.37. The van der Waals surface area contributed by atoms with E-state index in [0.29, 0.717) is 28.8 Å². The van der Waals surface area contributed by atoms with Gasteiger partial charge in [0.25, 0.3) is 5.91 Å². The molecule has 1 atom stereocenters. The predicted octanol–water partition coefficient (Wildman–Crippen LogP) is 4.89. The van der Waals surface area contributed by atoms with Crippen LogP contribution in [0, 0.1) is 0 Å². The van der Waals surface area contributed by atoms with Gasteiger partial charge in [-0.15, -0.1) is 0 Å². The van der Waals surface area contributed by atoms with Crippen molar-refractivity contribution < 1.29 is 17.9 Å². The van der Waals surface area contributed by atoms with Crippen molar-refractivity contribution >= 4 is 38.9 Å². The molecule has 8 heteroatoms. The number of ether oxygens (including phenoxy) is 1. The lowest BCUT2D eigenvalue weighted by molar-refractivity contribution is -0.136. The van der Waals surface area contributed by atoms with Crippen LogP contribution < -0.4 is 4.74 Å². The maximum absolute atomic E-state index is 13.1. The van der Waals surface area contributed by atoms with E-state index in [2.05, 4.69) is 20.8 Å². The predicted molar refractivity (Wildman–Crippen MR) is 125 cm³/mol. The fourth-order valence-electron chi connectivity index (χ4n) is 3.56. The number of benzene rings is 2. The van der Waals surface area contributed by atoms with E-state index in [4.69, 9.17) is 27.9 Å². The summed E-state index contributed by atoms with van der Waals surface area (Å²) >= 11 is 12.0. The third-order valence-electron chi connectivity index (χ3n) is 5.39. The van der Waals surface area contributed by atoms with Crippen LogP contribution in [0.15, 0.2) is 42.5 Å². The molecule has 1 saturated heterocycles. The van der Waals surface area contributed by atoms with Crippen molar-refractivity contribution in [3.63, 3.8) is 0 Å². The lowest BCUT2D eigenvalue weighted by atomic mass is 9.86. The van der Waals surface area contributed by atoms with Gasteiger partial charge >= 0.3 is 0 Å². The summed E-state index contributed by atoms with van der Waals surface area (Å²) in [5, 5.41) is 0.785. The van der Waals surface area contributed by atoms with E-state index in [-0.39, 0.29) is 35.5 Å². The Kier molecular flexibility index (Phi) is 7.24. The number of nitrogens with zero attached hydrogens (tertiary/aromatic N) is 1. The second kappa shape index (κ2) is 9.39. The van der Waals surface area contributed by atoms with E-state index in [1.54, 1.807) is 23.1 Å². The normalized spacial score (nSPS) is 18.0. The second-order valence-corrected chi connectivity index (χ2v) is 12.0. The standard InChI is InChI=1S/C23H27Cl2NO4S/c1-23(2,3)17-6-4-16(5-7-17)13-26(19-10-11-31(28,29)15-19)22(27)14-30-21-9-8-18(24)12-20(21)25/h4-9,12,19H,10-11,13-15H2,1-3H3. The highest BCUT2D eigenvalue weighted by molar-refractivity contribution is 7.91. The minimum atomic E-state index is -3.14. The van der Waals surface area contributed by atoms with Gasteiger partial charge in [0, 0.05) is 17.6 Å². The summed E-state index contributed by atoms with van der Waals surface area (Å²) in [6, 6.07) is 12.5. The van der Waals surface area contributed by atoms with Crippen molar-refractivity contribution in [2.75, 3.05) is 18.1 Å². The van der Waals surface area contributed by atoms with Crippen molar-refractivity contribution in [2.45, 2.75) is 45.2 Å². The zero-order chi connectivity index (χ0) is 22.8. The fourth-order valence-corrected chi connectivity index (χ4v) is 5.76. The molecular formula is C23H27Cl2NO4S. The smallest absolute Gasteiger partial charge is 0.261 e. The van der Waals surface area contributed by atoms with Gasteiger partial charge in [0.05, 0.1) is 16.5 Å². The van der Waals surface area contributed by atoms with Crippen molar-refractivity contribution in [2.24, 2.45) is 0 Å². The van der Waals surface area contributed by atoms with Gasteiger partial charge in [0.15, 0.2) is 16.4 Å². The summed E-state index contributed by atoms with van der Waals surface area (Å²) in [5.41, 5.74) is 2.16. The average Bonchev–Trinajstić information content (AvgIpc) is 3.04. The highest BCUT2D eigenvalue weighted by Gasteiger charge is 2.35. The second-order valence-electron chi connectivity index (χ2n) is 8.89. The number of hydrogen-bond acceptors (Lipinski definition) is 4. The van der Waals surface area contributed by atoms with Gasteiger partial charge in [-0.3, -0.25) is 4.79 Å². The van der Waals surface area contributed by atoms with Crippen LogP contribution in [-0.2, 0) is 26.6 Å². The lowest BCUT2D eigenvalue weighted by Crippen LogP contribution is -2.43. The number of rotatable bonds is 6. The van der Waals surface area contributed by atoms with E-state index < -0.39 is 9.84 Å². The summed E-state index contributed by atoms with van der Waals surface area (Å²) < 4.78 is 29.7. The Labute approximate surface area is 194 Å². The Bertz CT molecular complexity index is 1050. The van der Waals surface area contributed by atoms with Crippen molar-refractivity contribution in [1.29, 1.82) is 0 Å². The van der Waals surface area contributed by atoms with Crippen molar-refractivity contribution in [3.05, 3.63) is 63.6 Å². The minimum absolute atomic E-state index is 0.0270. The van der Waals surface area contributed by atoms with Crippen molar-refractivity contribution in [3.8, 4) is 5.75 Å². The summed E-state index contributed by atoms with van der Waals surface area (Å²) in [7, 11) is -3.14. The van der Waals surface area contributed by atoms with E-state index in [9.17, 15) is 13.2 Å². The molecule has 1 amide bonds. The molecule has 31 heavy (non-hydrogen) atoms. The lowest BCUT2D eigenvalue weighted by Gasteiger charge is -2.29. The van der Waals surface area contributed by atoms with E-state index in [0.717, 1.165) is 5.56 Å². The Morgan fingerprint density at radius 3 is 2.35 bits per heavy atom. The van der Waals surface area contributed by atoms with Crippen LogP contribution in [0.1, 0.15) is 38.3 Å². The first-order valence-corrected chi connectivity index (χ1v) is 12.7. The zero-order valence-electron chi connectivity index (χ0n) is 17.9. The highest BCUT2D eigenvalue weighted by Crippen LogP contribution is 2.28. The molecule has 1 aliphatic rings. The monoisotopic (exact) mass is 483 g/mol. The number of halogens is 2. The van der Waals surface area contributed by atoms with Crippen LogP contribution in [-0.4, -0.2) is 43.4 Å². The molecule has 0 saturated carbocycles. The summed E-state index contributed by atoms with van der Waals surface area (Å²) in [6.07, 6.45) is 0.426. The first-order valence-electron chi connectivity index (χ1n) is 10.1.